The number of carboxylic acids is 1. The second-order valence-corrected chi connectivity index (χ2v) is 4.32. The lowest BCUT2D eigenvalue weighted by molar-refractivity contribution is 0.0696. The van der Waals surface area contributed by atoms with Crippen LogP contribution in [-0.2, 0) is 6.42 Å². The summed E-state index contributed by atoms with van der Waals surface area (Å²) in [6.45, 7) is 1.88. The first-order valence-electron chi connectivity index (χ1n) is 5.76. The molecule has 2 rings (SSSR count). The minimum Gasteiger partial charge on any atom is -0.478 e. The van der Waals surface area contributed by atoms with Gasteiger partial charge in [0.15, 0.2) is 0 Å². The van der Waals surface area contributed by atoms with Crippen molar-refractivity contribution >= 4 is 29.2 Å². The average Bonchev–Trinajstić information content (AvgIpc) is 2.89. The Bertz CT molecular complexity index is 668. The van der Waals surface area contributed by atoms with E-state index in [2.05, 4.69) is 20.5 Å². The maximum absolute atomic E-state index is 11.9. The van der Waals surface area contributed by atoms with E-state index in [-0.39, 0.29) is 16.4 Å². The van der Waals surface area contributed by atoms with Gasteiger partial charge in [0.1, 0.15) is 5.82 Å². The number of carboxylic acid groups (broad SMARTS) is 1. The molecular formula is C12H11ClN4O3. The van der Waals surface area contributed by atoms with Crippen molar-refractivity contribution in [2.45, 2.75) is 13.3 Å². The number of halogens is 1. The summed E-state index contributed by atoms with van der Waals surface area (Å²) in [6.07, 6.45) is 0.629. The molecule has 0 aliphatic carbocycles. The second-order valence-electron chi connectivity index (χ2n) is 3.91. The maximum Gasteiger partial charge on any atom is 0.337 e. The van der Waals surface area contributed by atoms with Gasteiger partial charge < -0.3 is 10.4 Å². The average molecular weight is 295 g/mol. The highest BCUT2D eigenvalue weighted by atomic mass is 35.5. The maximum atomic E-state index is 11.9. The molecule has 0 unspecified atom stereocenters. The van der Waals surface area contributed by atoms with Gasteiger partial charge in [-0.1, -0.05) is 18.5 Å². The first kappa shape index (κ1) is 14.0. The van der Waals surface area contributed by atoms with Crippen LogP contribution in [0.25, 0.3) is 0 Å². The summed E-state index contributed by atoms with van der Waals surface area (Å²) in [7, 11) is 0. The monoisotopic (exact) mass is 294 g/mol. The van der Waals surface area contributed by atoms with Gasteiger partial charge in [-0.15, -0.1) is 5.10 Å². The van der Waals surface area contributed by atoms with Gasteiger partial charge in [-0.2, -0.15) is 0 Å². The van der Waals surface area contributed by atoms with E-state index in [1.165, 1.54) is 18.2 Å². The number of aromatic carboxylic acids is 1. The topological polar surface area (TPSA) is 108 Å². The fourth-order valence-corrected chi connectivity index (χ4v) is 1.71. The van der Waals surface area contributed by atoms with Crippen molar-refractivity contribution in [2.75, 3.05) is 5.32 Å². The van der Waals surface area contributed by atoms with Crippen LogP contribution in [0.2, 0.25) is 5.02 Å². The number of nitrogens with zero attached hydrogens (tertiary/aromatic N) is 2. The fourth-order valence-electron chi connectivity index (χ4n) is 1.51. The molecule has 3 N–H and O–H groups in total. The zero-order valence-electron chi connectivity index (χ0n) is 10.5. The number of benzene rings is 1. The third kappa shape index (κ3) is 2.94. The van der Waals surface area contributed by atoms with Crippen LogP contribution < -0.4 is 5.32 Å². The van der Waals surface area contributed by atoms with Gasteiger partial charge in [0.2, 0.25) is 5.82 Å². The number of carbonyl (C=O) groups excluding carboxylic acids is 1. The summed E-state index contributed by atoms with van der Waals surface area (Å²) in [6, 6.07) is 4.17. The molecule has 1 heterocycles. The molecule has 0 radical (unpaired) electrons. The van der Waals surface area contributed by atoms with Crippen molar-refractivity contribution < 1.29 is 14.7 Å². The summed E-state index contributed by atoms with van der Waals surface area (Å²) in [5.74, 6) is -1.11. The Balaban J connectivity index is 2.19. The number of nitrogens with one attached hydrogen (secondary N) is 2. The van der Waals surface area contributed by atoms with Gasteiger partial charge in [-0.25, -0.2) is 9.78 Å². The number of amides is 1. The van der Waals surface area contributed by atoms with Gasteiger partial charge in [-0.05, 0) is 18.2 Å². The molecule has 7 nitrogen and oxygen atoms in total. The lowest BCUT2D eigenvalue weighted by Gasteiger charge is -2.05. The van der Waals surface area contributed by atoms with Crippen molar-refractivity contribution in [1.82, 2.24) is 15.2 Å². The van der Waals surface area contributed by atoms with E-state index in [9.17, 15) is 9.59 Å². The van der Waals surface area contributed by atoms with Crippen molar-refractivity contribution in [3.8, 4) is 0 Å². The summed E-state index contributed by atoms with van der Waals surface area (Å²) in [4.78, 5) is 26.8. The molecule has 0 aliphatic rings. The number of hydrogen-bond donors (Lipinski definition) is 3. The SMILES string of the molecule is CCc1nc(C(=O)Nc2ccc(Cl)c(C(=O)O)c2)n[nH]1. The summed E-state index contributed by atoms with van der Waals surface area (Å²) in [5, 5.41) is 18.0. The first-order valence-corrected chi connectivity index (χ1v) is 6.14. The fraction of sp³-hybridized carbons (Fsp3) is 0.167. The molecule has 1 aromatic carbocycles. The molecule has 0 saturated carbocycles. The van der Waals surface area contributed by atoms with E-state index in [0.717, 1.165) is 0 Å². The zero-order valence-corrected chi connectivity index (χ0v) is 11.2. The Labute approximate surface area is 119 Å². The summed E-state index contributed by atoms with van der Waals surface area (Å²) < 4.78 is 0. The number of aromatic nitrogens is 3. The highest BCUT2D eigenvalue weighted by Gasteiger charge is 2.14. The van der Waals surface area contributed by atoms with E-state index in [4.69, 9.17) is 16.7 Å². The van der Waals surface area contributed by atoms with E-state index in [1.807, 2.05) is 6.92 Å². The molecule has 20 heavy (non-hydrogen) atoms. The van der Waals surface area contributed by atoms with Gasteiger partial charge in [0, 0.05) is 12.1 Å². The Morgan fingerprint density at radius 3 is 2.80 bits per heavy atom. The smallest absolute Gasteiger partial charge is 0.337 e. The number of aryl methyl sites for hydroxylation is 1. The molecule has 0 saturated heterocycles. The van der Waals surface area contributed by atoms with Gasteiger partial charge in [0.05, 0.1) is 10.6 Å². The Morgan fingerprint density at radius 1 is 1.45 bits per heavy atom. The van der Waals surface area contributed by atoms with Crippen molar-refractivity contribution in [3.05, 3.63) is 40.4 Å². The standard InChI is InChI=1S/C12H11ClN4O3/c1-2-9-15-10(17-16-9)11(18)14-6-3-4-8(13)7(5-6)12(19)20/h3-5H,2H2,1H3,(H,14,18)(H,19,20)(H,15,16,17). The quantitative estimate of drug-likeness (QED) is 0.799. The molecule has 0 aliphatic heterocycles. The minimum absolute atomic E-state index is 0.00586. The van der Waals surface area contributed by atoms with Crippen LogP contribution in [0.5, 0.6) is 0 Å². The molecule has 0 spiro atoms. The second kappa shape index (κ2) is 5.70. The van der Waals surface area contributed by atoms with Crippen LogP contribution in [0.1, 0.15) is 33.7 Å². The number of H-pyrrole nitrogens is 1. The lowest BCUT2D eigenvalue weighted by atomic mass is 10.2. The predicted octanol–water partition coefficient (Wildman–Crippen LogP) is 1.97. The highest BCUT2D eigenvalue weighted by molar-refractivity contribution is 6.33. The van der Waals surface area contributed by atoms with Crippen molar-refractivity contribution in [2.24, 2.45) is 0 Å². The zero-order chi connectivity index (χ0) is 14.7. The van der Waals surface area contributed by atoms with Crippen LogP contribution >= 0.6 is 11.6 Å². The highest BCUT2D eigenvalue weighted by Crippen LogP contribution is 2.20. The normalized spacial score (nSPS) is 10.3. The van der Waals surface area contributed by atoms with E-state index < -0.39 is 11.9 Å². The molecule has 0 bridgehead atoms. The van der Waals surface area contributed by atoms with Crippen LogP contribution in [0.15, 0.2) is 18.2 Å². The lowest BCUT2D eigenvalue weighted by Crippen LogP contribution is -2.14. The largest absolute Gasteiger partial charge is 0.478 e. The molecular weight excluding hydrogens is 284 g/mol. The number of hydrogen-bond acceptors (Lipinski definition) is 4. The Morgan fingerprint density at radius 2 is 2.20 bits per heavy atom. The van der Waals surface area contributed by atoms with E-state index in [1.54, 1.807) is 0 Å². The van der Waals surface area contributed by atoms with Crippen molar-refractivity contribution in [3.63, 3.8) is 0 Å². The van der Waals surface area contributed by atoms with E-state index in [0.29, 0.717) is 17.9 Å². The van der Waals surface area contributed by atoms with Crippen LogP contribution in [0.4, 0.5) is 5.69 Å². The number of anilines is 1. The van der Waals surface area contributed by atoms with Gasteiger partial charge in [0.25, 0.3) is 5.91 Å². The number of aromatic amines is 1. The Kier molecular flexibility index (Phi) is 3.99. The number of rotatable bonds is 4. The number of carbonyl (C=O) groups is 2. The molecule has 0 fully saturated rings. The third-order valence-electron chi connectivity index (χ3n) is 2.52. The van der Waals surface area contributed by atoms with Crippen LogP contribution in [0.3, 0.4) is 0 Å². The van der Waals surface area contributed by atoms with Crippen LogP contribution in [-0.4, -0.2) is 32.2 Å². The van der Waals surface area contributed by atoms with Gasteiger partial charge >= 0.3 is 5.97 Å². The molecule has 1 aromatic heterocycles. The summed E-state index contributed by atoms with van der Waals surface area (Å²) >= 11 is 5.74. The Hall–Kier alpha value is -2.41. The molecule has 8 heteroatoms. The molecule has 0 atom stereocenters. The molecule has 2 aromatic rings. The van der Waals surface area contributed by atoms with Gasteiger partial charge in [-0.3, -0.25) is 9.89 Å². The predicted molar refractivity (Wildman–Crippen MR) is 72.1 cm³/mol. The first-order chi connectivity index (χ1) is 9.51. The summed E-state index contributed by atoms with van der Waals surface area (Å²) in [5.41, 5.74) is 0.216. The third-order valence-corrected chi connectivity index (χ3v) is 2.85. The molecule has 104 valence electrons. The minimum atomic E-state index is -1.17. The van der Waals surface area contributed by atoms with Crippen molar-refractivity contribution in [1.29, 1.82) is 0 Å². The molecule has 1 amide bonds. The van der Waals surface area contributed by atoms with Crippen LogP contribution in [0, 0.1) is 0 Å². The van der Waals surface area contributed by atoms with E-state index >= 15 is 0 Å².